The summed E-state index contributed by atoms with van der Waals surface area (Å²) in [7, 11) is 0. The van der Waals surface area contributed by atoms with Crippen molar-refractivity contribution in [2.45, 2.75) is 33.3 Å². The number of nitrogens with zero attached hydrogens (tertiary/aromatic N) is 1. The summed E-state index contributed by atoms with van der Waals surface area (Å²) in [5.74, 6) is 0. The van der Waals surface area contributed by atoms with Crippen molar-refractivity contribution < 1.29 is 5.11 Å². The second kappa shape index (κ2) is 2.57. The summed E-state index contributed by atoms with van der Waals surface area (Å²) in [6, 6.07) is 0. The highest BCUT2D eigenvalue weighted by Crippen LogP contribution is 2.26. The van der Waals surface area contributed by atoms with Gasteiger partial charge in [-0.05, 0) is 27.7 Å². The Morgan fingerprint density at radius 2 is 1.91 bits per heavy atom. The predicted molar refractivity (Wildman–Crippen MR) is 46.8 cm³/mol. The molecule has 1 rings (SSSR count). The molecule has 0 radical (unpaired) electrons. The molecule has 0 fully saturated rings. The number of hydrogen-bond acceptors (Lipinski definition) is 3. The highest BCUT2D eigenvalue weighted by Gasteiger charge is 2.20. The van der Waals surface area contributed by atoms with Crippen molar-refractivity contribution in [3.63, 3.8) is 0 Å². The highest BCUT2D eigenvalue weighted by atomic mass is 32.1. The Balaban J connectivity index is 3.08. The molecule has 0 aliphatic heterocycles. The average molecular weight is 171 g/mol. The number of aliphatic hydroxyl groups is 1. The van der Waals surface area contributed by atoms with Crippen LogP contribution in [0.25, 0.3) is 0 Å². The smallest absolute Gasteiger partial charge is 0.124 e. The summed E-state index contributed by atoms with van der Waals surface area (Å²) in [6.07, 6.45) is 0. The summed E-state index contributed by atoms with van der Waals surface area (Å²) in [5, 5.41) is 10.4. The SMILES string of the molecule is Cc1nc(C(C)(C)O)sc1C. The molecule has 0 atom stereocenters. The van der Waals surface area contributed by atoms with Gasteiger partial charge in [-0.3, -0.25) is 0 Å². The van der Waals surface area contributed by atoms with Crippen LogP contribution in [-0.4, -0.2) is 10.1 Å². The summed E-state index contributed by atoms with van der Waals surface area (Å²) in [5.41, 5.74) is 0.232. The van der Waals surface area contributed by atoms with Crippen molar-refractivity contribution in [2.75, 3.05) is 0 Å². The first-order chi connectivity index (χ1) is 4.91. The van der Waals surface area contributed by atoms with E-state index in [-0.39, 0.29) is 0 Å². The molecular weight excluding hydrogens is 158 g/mol. The average Bonchev–Trinajstić information content (AvgIpc) is 2.11. The molecule has 62 valence electrons. The lowest BCUT2D eigenvalue weighted by molar-refractivity contribution is 0.0781. The molecule has 0 saturated heterocycles. The molecule has 0 amide bonds. The molecule has 0 aliphatic rings. The van der Waals surface area contributed by atoms with Crippen LogP contribution in [0.15, 0.2) is 0 Å². The van der Waals surface area contributed by atoms with Gasteiger partial charge in [-0.25, -0.2) is 4.98 Å². The lowest BCUT2D eigenvalue weighted by Gasteiger charge is -2.12. The first kappa shape index (κ1) is 8.68. The maximum Gasteiger partial charge on any atom is 0.124 e. The fourth-order valence-corrected chi connectivity index (χ4v) is 1.65. The third kappa shape index (κ3) is 1.79. The Bertz CT molecular complexity index is 240. The second-order valence-corrected chi connectivity index (χ2v) is 4.42. The van der Waals surface area contributed by atoms with Gasteiger partial charge < -0.3 is 5.11 Å². The van der Waals surface area contributed by atoms with Gasteiger partial charge in [-0.2, -0.15) is 0 Å². The molecular formula is C8H13NOS. The zero-order valence-electron chi connectivity index (χ0n) is 7.30. The fourth-order valence-electron chi connectivity index (χ4n) is 0.734. The Morgan fingerprint density at radius 3 is 2.09 bits per heavy atom. The van der Waals surface area contributed by atoms with Crippen LogP contribution < -0.4 is 0 Å². The third-order valence-corrected chi connectivity index (χ3v) is 2.94. The maximum atomic E-state index is 9.57. The first-order valence-corrected chi connectivity index (χ1v) is 4.40. The van der Waals surface area contributed by atoms with E-state index in [1.54, 1.807) is 25.2 Å². The largest absolute Gasteiger partial charge is 0.383 e. The molecule has 0 spiro atoms. The Hall–Kier alpha value is -0.410. The molecule has 0 saturated carbocycles. The van der Waals surface area contributed by atoms with Crippen molar-refractivity contribution in [3.8, 4) is 0 Å². The second-order valence-electron chi connectivity index (χ2n) is 3.22. The van der Waals surface area contributed by atoms with Crippen LogP contribution >= 0.6 is 11.3 Å². The third-order valence-electron chi connectivity index (χ3n) is 1.55. The minimum Gasteiger partial charge on any atom is -0.383 e. The number of aromatic nitrogens is 1. The summed E-state index contributed by atoms with van der Waals surface area (Å²) >= 11 is 1.56. The molecule has 0 aromatic carbocycles. The zero-order valence-corrected chi connectivity index (χ0v) is 8.12. The summed E-state index contributed by atoms with van der Waals surface area (Å²) in [6.45, 7) is 7.48. The molecule has 1 aromatic heterocycles. The van der Waals surface area contributed by atoms with Crippen molar-refractivity contribution in [1.82, 2.24) is 4.98 Å². The number of aryl methyl sites for hydroxylation is 2. The van der Waals surface area contributed by atoms with Crippen LogP contribution in [0.3, 0.4) is 0 Å². The van der Waals surface area contributed by atoms with E-state index in [9.17, 15) is 5.11 Å². The van der Waals surface area contributed by atoms with Gasteiger partial charge in [0, 0.05) is 4.88 Å². The minimum absolute atomic E-state index is 0.788. The van der Waals surface area contributed by atoms with Gasteiger partial charge in [-0.1, -0.05) is 0 Å². The van der Waals surface area contributed by atoms with E-state index >= 15 is 0 Å². The van der Waals surface area contributed by atoms with Crippen molar-refractivity contribution in [1.29, 1.82) is 0 Å². The Morgan fingerprint density at radius 1 is 1.36 bits per heavy atom. The van der Waals surface area contributed by atoms with E-state index in [1.165, 1.54) is 4.88 Å². The topological polar surface area (TPSA) is 33.1 Å². The van der Waals surface area contributed by atoms with E-state index in [0.717, 1.165) is 10.7 Å². The van der Waals surface area contributed by atoms with E-state index in [2.05, 4.69) is 4.98 Å². The van der Waals surface area contributed by atoms with Crippen LogP contribution in [0.5, 0.6) is 0 Å². The van der Waals surface area contributed by atoms with E-state index in [1.807, 2.05) is 13.8 Å². The highest BCUT2D eigenvalue weighted by molar-refractivity contribution is 7.11. The summed E-state index contributed by atoms with van der Waals surface area (Å²) < 4.78 is 0. The molecule has 11 heavy (non-hydrogen) atoms. The van der Waals surface area contributed by atoms with Crippen LogP contribution in [0.4, 0.5) is 0 Å². The van der Waals surface area contributed by atoms with Gasteiger partial charge in [0.15, 0.2) is 0 Å². The quantitative estimate of drug-likeness (QED) is 0.701. The van der Waals surface area contributed by atoms with E-state index in [0.29, 0.717) is 0 Å². The van der Waals surface area contributed by atoms with Gasteiger partial charge in [0.1, 0.15) is 10.6 Å². The normalized spacial score (nSPS) is 12.1. The first-order valence-electron chi connectivity index (χ1n) is 3.58. The van der Waals surface area contributed by atoms with Gasteiger partial charge in [0.2, 0.25) is 0 Å². The molecule has 0 unspecified atom stereocenters. The van der Waals surface area contributed by atoms with Gasteiger partial charge >= 0.3 is 0 Å². The zero-order chi connectivity index (χ0) is 8.65. The Labute approximate surface area is 70.9 Å². The number of thiazole rings is 1. The molecule has 1 aromatic rings. The predicted octanol–water partition coefficient (Wildman–Crippen LogP) is 1.99. The van der Waals surface area contributed by atoms with Gasteiger partial charge in [0.05, 0.1) is 5.69 Å². The van der Waals surface area contributed by atoms with Crippen molar-refractivity contribution in [2.24, 2.45) is 0 Å². The summed E-state index contributed by atoms with van der Waals surface area (Å²) in [4.78, 5) is 5.43. The molecule has 2 nitrogen and oxygen atoms in total. The van der Waals surface area contributed by atoms with Crippen molar-refractivity contribution >= 4 is 11.3 Å². The van der Waals surface area contributed by atoms with Gasteiger partial charge in [0.25, 0.3) is 0 Å². The number of hydrogen-bond donors (Lipinski definition) is 1. The monoisotopic (exact) mass is 171 g/mol. The van der Waals surface area contributed by atoms with E-state index in [4.69, 9.17) is 0 Å². The van der Waals surface area contributed by atoms with Crippen LogP contribution in [-0.2, 0) is 5.60 Å². The molecule has 1 N–H and O–H groups in total. The van der Waals surface area contributed by atoms with Crippen LogP contribution in [0.2, 0.25) is 0 Å². The molecule has 0 aliphatic carbocycles. The lowest BCUT2D eigenvalue weighted by Crippen LogP contribution is -2.14. The van der Waals surface area contributed by atoms with Crippen LogP contribution in [0, 0.1) is 13.8 Å². The van der Waals surface area contributed by atoms with E-state index < -0.39 is 5.60 Å². The standard InChI is InChI=1S/C8H13NOS/c1-5-6(2)11-7(9-5)8(3,4)10/h10H,1-4H3. The Kier molecular flexibility index (Phi) is 2.03. The van der Waals surface area contributed by atoms with Crippen LogP contribution in [0.1, 0.15) is 29.4 Å². The maximum absolute atomic E-state index is 9.57. The van der Waals surface area contributed by atoms with Gasteiger partial charge in [-0.15, -0.1) is 11.3 Å². The van der Waals surface area contributed by atoms with Crippen molar-refractivity contribution in [3.05, 3.63) is 15.6 Å². The number of rotatable bonds is 1. The molecule has 3 heteroatoms. The lowest BCUT2D eigenvalue weighted by atomic mass is 10.2. The molecule has 1 heterocycles. The molecule has 0 bridgehead atoms. The fraction of sp³-hybridized carbons (Fsp3) is 0.625. The minimum atomic E-state index is -0.788.